The third-order valence-corrected chi connectivity index (χ3v) is 15.6. The van der Waals surface area contributed by atoms with E-state index in [0.717, 1.165) is 77.0 Å². The van der Waals surface area contributed by atoms with Gasteiger partial charge in [-0.3, -0.25) is 23.4 Å². The van der Waals surface area contributed by atoms with E-state index in [1.165, 1.54) is 205 Å². The molecule has 0 spiro atoms. The van der Waals surface area contributed by atoms with Gasteiger partial charge in [-0.25, -0.2) is 4.57 Å². The minimum atomic E-state index is -4.74. The van der Waals surface area contributed by atoms with Gasteiger partial charge in [0, 0.05) is 19.3 Å². The Morgan fingerprint density at radius 1 is 0.355 bits per heavy atom. The SMILES string of the molecule is CCCCCCCC/C=C\CCCCCCCC(=O)OC(CO)COP(=O)(O)OCC(COC(=O)CCCCCCCCCCCCCCCCC)OC(=O)CCCCCCCCCCCCCCCCCCCCC. The highest BCUT2D eigenvalue weighted by molar-refractivity contribution is 7.47. The fourth-order valence-electron chi connectivity index (χ4n) is 9.71. The lowest BCUT2D eigenvalue weighted by molar-refractivity contribution is -0.161. The molecule has 450 valence electrons. The summed E-state index contributed by atoms with van der Waals surface area (Å²) in [5, 5.41) is 9.84. The summed E-state index contributed by atoms with van der Waals surface area (Å²) in [7, 11) is -4.74. The summed E-state index contributed by atoms with van der Waals surface area (Å²) < 4.78 is 39.7. The molecule has 3 atom stereocenters. The number of phosphoric acid groups is 1. The summed E-state index contributed by atoms with van der Waals surface area (Å²) in [6, 6.07) is 0. The van der Waals surface area contributed by atoms with Crippen molar-refractivity contribution in [2.45, 2.75) is 354 Å². The van der Waals surface area contributed by atoms with Crippen LogP contribution in [0.15, 0.2) is 12.2 Å². The molecular formula is C64H123O11P. The molecule has 0 aliphatic carbocycles. The Morgan fingerprint density at radius 3 is 0.908 bits per heavy atom. The monoisotopic (exact) mass is 1100 g/mol. The number of unbranched alkanes of at least 4 members (excludes halogenated alkanes) is 43. The smallest absolute Gasteiger partial charge is 0.462 e. The molecule has 0 bridgehead atoms. The Bertz CT molecular complexity index is 1330. The molecule has 76 heavy (non-hydrogen) atoms. The van der Waals surface area contributed by atoms with Crippen molar-refractivity contribution in [2.24, 2.45) is 0 Å². The molecule has 0 aromatic heterocycles. The maximum absolute atomic E-state index is 13.0. The zero-order chi connectivity index (χ0) is 55.5. The van der Waals surface area contributed by atoms with Crippen LogP contribution in [0.25, 0.3) is 0 Å². The van der Waals surface area contributed by atoms with Gasteiger partial charge in [0.1, 0.15) is 12.7 Å². The number of hydrogen-bond donors (Lipinski definition) is 2. The van der Waals surface area contributed by atoms with Gasteiger partial charge in [0.15, 0.2) is 6.10 Å². The summed E-state index contributed by atoms with van der Waals surface area (Å²) in [4.78, 5) is 48.7. The topological polar surface area (TPSA) is 155 Å². The number of phosphoric ester groups is 1. The van der Waals surface area contributed by atoms with Gasteiger partial charge in [0.05, 0.1) is 19.8 Å². The standard InChI is InChI=1S/C64H123O11P/c1-4-7-10-13-16-19-22-25-28-29-30-31-34-37-40-43-46-49-52-55-64(68)75-61(57-71-62(66)53-50-47-44-41-38-35-32-26-23-20-17-14-11-8-5-2)59-73-76(69,70)72-58-60(56-65)74-63(67)54-51-48-45-42-39-36-33-27-24-21-18-15-12-9-6-3/h27,33,60-61,65H,4-26,28-32,34-59H2,1-3H3,(H,69,70)/b33-27-. The van der Waals surface area contributed by atoms with E-state index in [2.05, 4.69) is 32.9 Å². The molecule has 0 aliphatic rings. The maximum Gasteiger partial charge on any atom is 0.472 e. The largest absolute Gasteiger partial charge is 0.472 e. The average molecular weight is 1100 g/mol. The van der Waals surface area contributed by atoms with Crippen LogP contribution >= 0.6 is 7.82 Å². The molecule has 0 aromatic rings. The minimum Gasteiger partial charge on any atom is -0.462 e. The molecule has 0 rings (SSSR count). The Labute approximate surface area is 468 Å². The van der Waals surface area contributed by atoms with Gasteiger partial charge >= 0.3 is 25.7 Å². The Morgan fingerprint density at radius 2 is 0.605 bits per heavy atom. The maximum atomic E-state index is 13.0. The van der Waals surface area contributed by atoms with Crippen molar-refractivity contribution in [1.29, 1.82) is 0 Å². The molecule has 2 N–H and O–H groups in total. The van der Waals surface area contributed by atoms with Crippen molar-refractivity contribution in [3.8, 4) is 0 Å². The zero-order valence-corrected chi connectivity index (χ0v) is 50.9. The van der Waals surface area contributed by atoms with E-state index in [9.17, 15) is 28.9 Å². The highest BCUT2D eigenvalue weighted by atomic mass is 31.2. The molecule has 12 heteroatoms. The summed E-state index contributed by atoms with van der Waals surface area (Å²) in [5.41, 5.74) is 0. The lowest BCUT2D eigenvalue weighted by atomic mass is 10.0. The van der Waals surface area contributed by atoms with E-state index in [0.29, 0.717) is 19.3 Å². The number of allylic oxidation sites excluding steroid dienone is 2. The lowest BCUT2D eigenvalue weighted by Gasteiger charge is -2.21. The van der Waals surface area contributed by atoms with Gasteiger partial charge in [-0.1, -0.05) is 290 Å². The third kappa shape index (κ3) is 56.9. The van der Waals surface area contributed by atoms with Crippen molar-refractivity contribution >= 4 is 25.7 Å². The molecule has 0 aromatic carbocycles. The van der Waals surface area contributed by atoms with E-state index < -0.39 is 57.8 Å². The quantitative estimate of drug-likeness (QED) is 0.0197. The second kappa shape index (κ2) is 59.3. The molecule has 0 amide bonds. The fourth-order valence-corrected chi connectivity index (χ4v) is 10.5. The first kappa shape index (κ1) is 74.2. The van der Waals surface area contributed by atoms with Crippen molar-refractivity contribution in [3.05, 3.63) is 12.2 Å². The zero-order valence-electron chi connectivity index (χ0n) is 50.0. The number of hydrogen-bond acceptors (Lipinski definition) is 10. The second-order valence-electron chi connectivity index (χ2n) is 22.3. The van der Waals surface area contributed by atoms with Gasteiger partial charge in [-0.05, 0) is 44.9 Å². The Kier molecular flexibility index (Phi) is 58.0. The highest BCUT2D eigenvalue weighted by Gasteiger charge is 2.28. The fraction of sp³-hybridized carbons (Fsp3) is 0.922. The minimum absolute atomic E-state index is 0.173. The van der Waals surface area contributed by atoms with Crippen LogP contribution in [0.1, 0.15) is 342 Å². The number of carbonyl (C=O) groups excluding carboxylic acids is 3. The van der Waals surface area contributed by atoms with Gasteiger partial charge in [0.25, 0.3) is 0 Å². The van der Waals surface area contributed by atoms with Crippen LogP contribution in [-0.4, -0.2) is 66.5 Å². The molecule has 0 radical (unpaired) electrons. The summed E-state index contributed by atoms with van der Waals surface area (Å²) in [6.07, 6.45) is 60.2. The van der Waals surface area contributed by atoms with Gasteiger partial charge < -0.3 is 24.2 Å². The average Bonchev–Trinajstić information content (AvgIpc) is 3.41. The first-order chi connectivity index (χ1) is 37.2. The highest BCUT2D eigenvalue weighted by Crippen LogP contribution is 2.43. The van der Waals surface area contributed by atoms with Gasteiger partial charge in [-0.2, -0.15) is 0 Å². The van der Waals surface area contributed by atoms with Crippen LogP contribution in [0.2, 0.25) is 0 Å². The van der Waals surface area contributed by atoms with Crippen LogP contribution in [0.4, 0.5) is 0 Å². The number of rotatable bonds is 62. The molecular weight excluding hydrogens is 976 g/mol. The predicted molar refractivity (Wildman–Crippen MR) is 317 cm³/mol. The Hall–Kier alpha value is -1.78. The van der Waals surface area contributed by atoms with E-state index in [-0.39, 0.29) is 25.9 Å². The van der Waals surface area contributed by atoms with Crippen molar-refractivity contribution in [3.63, 3.8) is 0 Å². The molecule has 3 unspecified atom stereocenters. The third-order valence-electron chi connectivity index (χ3n) is 14.7. The number of aliphatic hydroxyl groups excluding tert-OH is 1. The summed E-state index contributed by atoms with van der Waals surface area (Å²) in [5.74, 6) is -1.43. The van der Waals surface area contributed by atoms with Crippen molar-refractivity contribution in [1.82, 2.24) is 0 Å². The van der Waals surface area contributed by atoms with Crippen LogP contribution in [0.5, 0.6) is 0 Å². The van der Waals surface area contributed by atoms with E-state index in [4.69, 9.17) is 23.3 Å². The van der Waals surface area contributed by atoms with E-state index in [1.807, 2.05) is 0 Å². The van der Waals surface area contributed by atoms with Crippen LogP contribution in [0, 0.1) is 0 Å². The normalized spacial score (nSPS) is 13.3. The molecule has 0 aliphatic heterocycles. The molecule has 0 saturated heterocycles. The van der Waals surface area contributed by atoms with Crippen molar-refractivity contribution < 1.29 is 52.2 Å². The van der Waals surface area contributed by atoms with E-state index >= 15 is 0 Å². The predicted octanol–water partition coefficient (Wildman–Crippen LogP) is 19.6. The van der Waals surface area contributed by atoms with Gasteiger partial charge in [0.2, 0.25) is 0 Å². The van der Waals surface area contributed by atoms with Crippen LogP contribution in [-0.2, 0) is 42.2 Å². The first-order valence-corrected chi connectivity index (χ1v) is 34.1. The second-order valence-corrected chi connectivity index (χ2v) is 23.8. The van der Waals surface area contributed by atoms with Gasteiger partial charge in [-0.15, -0.1) is 0 Å². The number of ether oxygens (including phenoxy) is 3. The molecule has 0 saturated carbocycles. The summed E-state index contributed by atoms with van der Waals surface area (Å²) >= 11 is 0. The Balaban J connectivity index is 4.64. The number of aliphatic hydroxyl groups is 1. The molecule has 11 nitrogen and oxygen atoms in total. The summed E-state index contributed by atoms with van der Waals surface area (Å²) in [6.45, 7) is 4.72. The number of esters is 3. The first-order valence-electron chi connectivity index (χ1n) is 32.6. The van der Waals surface area contributed by atoms with Crippen molar-refractivity contribution in [2.75, 3.05) is 26.4 Å². The van der Waals surface area contributed by atoms with Crippen LogP contribution in [0.3, 0.4) is 0 Å². The van der Waals surface area contributed by atoms with E-state index in [1.54, 1.807) is 0 Å². The molecule has 0 heterocycles. The lowest BCUT2D eigenvalue weighted by Crippen LogP contribution is -2.30. The molecule has 0 fully saturated rings. The van der Waals surface area contributed by atoms with Crippen LogP contribution < -0.4 is 0 Å². The number of carbonyl (C=O) groups is 3.